The van der Waals surface area contributed by atoms with Gasteiger partial charge in [0.25, 0.3) is 5.91 Å². The Bertz CT molecular complexity index is 1140. The largest absolute Gasteiger partial charge is 0.506 e. The smallest absolute Gasteiger partial charge is 0.261 e. The lowest BCUT2D eigenvalue weighted by Crippen LogP contribution is -2.12. The number of rotatable bonds is 4. The van der Waals surface area contributed by atoms with Crippen LogP contribution in [0.15, 0.2) is 48.9 Å². The predicted molar refractivity (Wildman–Crippen MR) is 101 cm³/mol. The molecular formula is C19H18N6O2. The fourth-order valence-electron chi connectivity index (χ4n) is 2.96. The predicted octanol–water partition coefficient (Wildman–Crippen LogP) is 2.88. The first-order valence-corrected chi connectivity index (χ1v) is 8.55. The van der Waals surface area contributed by atoms with Crippen LogP contribution in [0.25, 0.3) is 16.9 Å². The van der Waals surface area contributed by atoms with Crippen LogP contribution in [0.5, 0.6) is 5.75 Å². The van der Waals surface area contributed by atoms with Crippen LogP contribution >= 0.6 is 0 Å². The van der Waals surface area contributed by atoms with Crippen molar-refractivity contribution in [3.05, 3.63) is 60.2 Å². The van der Waals surface area contributed by atoms with Gasteiger partial charge in [0.15, 0.2) is 5.65 Å². The second-order valence-electron chi connectivity index (χ2n) is 6.08. The third kappa shape index (κ3) is 2.91. The van der Waals surface area contributed by atoms with Gasteiger partial charge in [0.1, 0.15) is 11.3 Å². The van der Waals surface area contributed by atoms with Crippen LogP contribution in [0, 0.1) is 6.92 Å². The summed E-state index contributed by atoms with van der Waals surface area (Å²) in [4.78, 5) is 17.0. The molecule has 0 bridgehead atoms. The molecule has 8 heteroatoms. The number of aryl methyl sites for hydroxylation is 2. The Morgan fingerprint density at radius 3 is 2.81 bits per heavy atom. The highest BCUT2D eigenvalue weighted by Gasteiger charge is 2.18. The van der Waals surface area contributed by atoms with Gasteiger partial charge in [0, 0.05) is 24.5 Å². The minimum Gasteiger partial charge on any atom is -0.506 e. The maximum absolute atomic E-state index is 12.7. The lowest BCUT2D eigenvalue weighted by molar-refractivity contribution is 0.102. The van der Waals surface area contributed by atoms with Crippen LogP contribution in [0.2, 0.25) is 0 Å². The van der Waals surface area contributed by atoms with Crippen LogP contribution in [-0.4, -0.2) is 35.4 Å². The number of aromatic hydroxyl groups is 1. The molecule has 1 amide bonds. The lowest BCUT2D eigenvalue weighted by atomic mass is 10.2. The van der Waals surface area contributed by atoms with Crippen molar-refractivity contribution in [3.63, 3.8) is 0 Å². The molecule has 0 saturated carbocycles. The number of carbonyl (C=O) groups excluding carboxylic acids is 1. The van der Waals surface area contributed by atoms with E-state index in [0.717, 1.165) is 23.5 Å². The minimum absolute atomic E-state index is 0.00132. The fourth-order valence-corrected chi connectivity index (χ4v) is 2.96. The van der Waals surface area contributed by atoms with Crippen LogP contribution in [0.3, 0.4) is 0 Å². The SMILES string of the molecule is CCn1cc(-c2ccnc3c(C(=O)Nc4ccccc4O)cnn23)c(C)n1. The number of amides is 1. The van der Waals surface area contributed by atoms with E-state index in [1.54, 1.807) is 28.9 Å². The zero-order chi connectivity index (χ0) is 19.0. The van der Waals surface area contributed by atoms with E-state index in [-0.39, 0.29) is 5.75 Å². The summed E-state index contributed by atoms with van der Waals surface area (Å²) in [5, 5.41) is 21.4. The normalized spacial score (nSPS) is 11.0. The summed E-state index contributed by atoms with van der Waals surface area (Å²) in [7, 11) is 0. The molecule has 3 heterocycles. The van der Waals surface area contributed by atoms with Gasteiger partial charge in [-0.15, -0.1) is 0 Å². The highest BCUT2D eigenvalue weighted by molar-refractivity contribution is 6.08. The Morgan fingerprint density at radius 2 is 2.07 bits per heavy atom. The highest BCUT2D eigenvalue weighted by atomic mass is 16.3. The molecule has 136 valence electrons. The summed E-state index contributed by atoms with van der Waals surface area (Å²) < 4.78 is 3.48. The molecule has 0 aliphatic carbocycles. The van der Waals surface area contributed by atoms with E-state index in [4.69, 9.17) is 0 Å². The van der Waals surface area contributed by atoms with Gasteiger partial charge < -0.3 is 10.4 Å². The molecule has 27 heavy (non-hydrogen) atoms. The van der Waals surface area contributed by atoms with Crippen molar-refractivity contribution in [2.45, 2.75) is 20.4 Å². The number of hydrogen-bond acceptors (Lipinski definition) is 5. The molecule has 4 aromatic rings. The van der Waals surface area contributed by atoms with Gasteiger partial charge in [-0.2, -0.15) is 10.2 Å². The quantitative estimate of drug-likeness (QED) is 0.544. The van der Waals surface area contributed by atoms with Gasteiger partial charge in [0.2, 0.25) is 0 Å². The number of anilines is 1. The minimum atomic E-state index is -0.392. The highest BCUT2D eigenvalue weighted by Crippen LogP contribution is 2.25. The Hall–Kier alpha value is -3.68. The van der Waals surface area contributed by atoms with Gasteiger partial charge in [-0.1, -0.05) is 12.1 Å². The maximum atomic E-state index is 12.7. The lowest BCUT2D eigenvalue weighted by Gasteiger charge is -2.06. The number of carbonyl (C=O) groups is 1. The monoisotopic (exact) mass is 362 g/mol. The molecule has 0 radical (unpaired) electrons. The first-order chi connectivity index (χ1) is 13.1. The number of benzene rings is 1. The fraction of sp³-hybridized carbons (Fsp3) is 0.158. The summed E-state index contributed by atoms with van der Waals surface area (Å²) in [6.07, 6.45) is 5.07. The molecule has 0 unspecified atom stereocenters. The second kappa shape index (κ2) is 6.56. The molecule has 0 spiro atoms. The Kier molecular flexibility index (Phi) is 4.08. The van der Waals surface area contributed by atoms with E-state index in [2.05, 4.69) is 20.5 Å². The summed E-state index contributed by atoms with van der Waals surface area (Å²) in [6.45, 7) is 4.72. The van der Waals surface area contributed by atoms with Crippen LogP contribution in [0.1, 0.15) is 23.0 Å². The molecule has 0 atom stereocenters. The van der Waals surface area contributed by atoms with Crippen molar-refractivity contribution in [1.82, 2.24) is 24.4 Å². The topological polar surface area (TPSA) is 97.3 Å². The van der Waals surface area contributed by atoms with Crippen molar-refractivity contribution in [2.75, 3.05) is 5.32 Å². The average molecular weight is 362 g/mol. The van der Waals surface area contributed by atoms with Crippen molar-refractivity contribution in [3.8, 4) is 17.0 Å². The van der Waals surface area contributed by atoms with Gasteiger partial charge in [-0.25, -0.2) is 9.50 Å². The number of phenolic OH excluding ortho intramolecular Hbond substituents is 1. The number of para-hydroxylation sites is 2. The average Bonchev–Trinajstić information content (AvgIpc) is 3.27. The Morgan fingerprint density at radius 1 is 1.26 bits per heavy atom. The van der Waals surface area contributed by atoms with E-state index in [9.17, 15) is 9.90 Å². The molecular weight excluding hydrogens is 344 g/mol. The number of aromatic nitrogens is 5. The Balaban J connectivity index is 1.75. The number of nitrogens with one attached hydrogen (secondary N) is 1. The molecule has 0 saturated heterocycles. The van der Waals surface area contributed by atoms with E-state index in [1.807, 2.05) is 30.8 Å². The number of fused-ring (bicyclic) bond motifs is 1. The summed E-state index contributed by atoms with van der Waals surface area (Å²) >= 11 is 0. The van der Waals surface area contributed by atoms with E-state index in [1.165, 1.54) is 12.3 Å². The zero-order valence-corrected chi connectivity index (χ0v) is 14.9. The second-order valence-corrected chi connectivity index (χ2v) is 6.08. The van der Waals surface area contributed by atoms with Gasteiger partial charge >= 0.3 is 0 Å². The molecule has 8 nitrogen and oxygen atoms in total. The van der Waals surface area contributed by atoms with Crippen molar-refractivity contribution >= 4 is 17.2 Å². The van der Waals surface area contributed by atoms with Gasteiger partial charge in [-0.05, 0) is 32.0 Å². The Labute approximate surface area is 155 Å². The third-order valence-electron chi connectivity index (χ3n) is 4.34. The van der Waals surface area contributed by atoms with E-state index in [0.29, 0.717) is 16.9 Å². The van der Waals surface area contributed by atoms with Gasteiger partial charge in [-0.3, -0.25) is 9.48 Å². The third-order valence-corrected chi connectivity index (χ3v) is 4.34. The molecule has 2 N–H and O–H groups in total. The number of phenols is 1. The molecule has 0 aliphatic rings. The van der Waals surface area contributed by atoms with Crippen LogP contribution in [0.4, 0.5) is 5.69 Å². The van der Waals surface area contributed by atoms with E-state index < -0.39 is 5.91 Å². The zero-order valence-electron chi connectivity index (χ0n) is 14.9. The summed E-state index contributed by atoms with van der Waals surface area (Å²) in [5.74, 6) is -0.393. The first kappa shape index (κ1) is 16.8. The molecule has 1 aromatic carbocycles. The summed E-state index contributed by atoms with van der Waals surface area (Å²) in [5.41, 5.74) is 3.70. The van der Waals surface area contributed by atoms with Crippen LogP contribution in [-0.2, 0) is 6.54 Å². The maximum Gasteiger partial charge on any atom is 0.261 e. The first-order valence-electron chi connectivity index (χ1n) is 8.55. The van der Waals surface area contributed by atoms with Crippen molar-refractivity contribution < 1.29 is 9.90 Å². The van der Waals surface area contributed by atoms with E-state index >= 15 is 0 Å². The standard InChI is InChI=1S/C19H18N6O2/c1-3-24-11-14(12(2)23-24)16-8-9-20-18-13(10-21-25(16)18)19(27)22-15-6-4-5-7-17(15)26/h4-11,26H,3H2,1-2H3,(H,22,27). The number of nitrogens with zero attached hydrogens (tertiary/aromatic N) is 5. The van der Waals surface area contributed by atoms with Crippen molar-refractivity contribution in [1.29, 1.82) is 0 Å². The molecule has 3 aromatic heterocycles. The van der Waals surface area contributed by atoms with Crippen molar-refractivity contribution in [2.24, 2.45) is 0 Å². The van der Waals surface area contributed by atoms with Gasteiger partial charge in [0.05, 0.1) is 23.3 Å². The number of hydrogen-bond donors (Lipinski definition) is 2. The van der Waals surface area contributed by atoms with Crippen LogP contribution < -0.4 is 5.32 Å². The summed E-state index contributed by atoms with van der Waals surface area (Å²) in [6, 6.07) is 8.40. The molecule has 4 rings (SSSR count). The molecule has 0 aliphatic heterocycles. The molecule has 0 fully saturated rings.